The molecule has 3 atom stereocenters. The van der Waals surface area contributed by atoms with Crippen LogP contribution in [0.4, 0.5) is 4.79 Å². The van der Waals surface area contributed by atoms with Crippen LogP contribution < -0.4 is 16.0 Å². The second kappa shape index (κ2) is 20.2. The minimum Gasteiger partial charge on any atom is -0.447 e. The average molecular weight is 582 g/mol. The largest absolute Gasteiger partial charge is 0.447 e. The first-order valence-electron chi connectivity index (χ1n) is 14.3. The first-order chi connectivity index (χ1) is 19.8. The maximum absolute atomic E-state index is 13.3. The average Bonchev–Trinajstić information content (AvgIpc) is 3.76. The molecule has 12 heteroatoms. The molecule has 0 spiro atoms. The van der Waals surface area contributed by atoms with Gasteiger partial charge in [-0.05, 0) is 37.2 Å². The number of rotatable bonds is 22. The van der Waals surface area contributed by atoms with Crippen LogP contribution >= 0.6 is 0 Å². The molecule has 1 aliphatic rings. The lowest BCUT2D eigenvalue weighted by Gasteiger charge is -2.27. The lowest BCUT2D eigenvalue weighted by molar-refractivity contribution is -0.132. The maximum atomic E-state index is 13.3. The third kappa shape index (κ3) is 15.7. The van der Waals surface area contributed by atoms with E-state index in [1.54, 1.807) is 7.11 Å². The van der Waals surface area contributed by atoms with Gasteiger partial charge in [0.15, 0.2) is 6.10 Å². The molecule has 0 aromatic heterocycles. The summed E-state index contributed by atoms with van der Waals surface area (Å²) >= 11 is 0. The number of amides is 3. The molecule has 3 amide bonds. The van der Waals surface area contributed by atoms with Gasteiger partial charge in [-0.25, -0.2) is 4.79 Å². The standard InChI is InChI=1S/C29H47N3O9/c1-21(2)19-25(32-29(36)41-18-17-40-16-15-39-14-13-38-12-11-37-3)27(34)31-24(20-22-7-5-4-6-8-22)26(33)28(35)30-23-9-10-23/h4-8,21,23-26,33H,9-20H2,1-3H3,(H,30,35)(H,31,34)(H,32,36). The highest BCUT2D eigenvalue weighted by Gasteiger charge is 2.34. The third-order valence-corrected chi connectivity index (χ3v) is 6.15. The van der Waals surface area contributed by atoms with Crippen LogP contribution in [0.1, 0.15) is 38.7 Å². The van der Waals surface area contributed by atoms with Crippen molar-refractivity contribution < 1.29 is 43.2 Å². The number of carbonyl (C=O) groups excluding carboxylic acids is 3. The fraction of sp³-hybridized carbons (Fsp3) is 0.690. The van der Waals surface area contributed by atoms with Gasteiger partial charge in [0.2, 0.25) is 5.91 Å². The molecule has 4 N–H and O–H groups in total. The van der Waals surface area contributed by atoms with Crippen molar-refractivity contribution in [3.63, 3.8) is 0 Å². The van der Waals surface area contributed by atoms with E-state index < -0.39 is 36.1 Å². The lowest BCUT2D eigenvalue weighted by Crippen LogP contribution is -2.56. The summed E-state index contributed by atoms with van der Waals surface area (Å²) in [5.74, 6) is -0.952. The van der Waals surface area contributed by atoms with E-state index in [1.165, 1.54) is 0 Å². The van der Waals surface area contributed by atoms with Gasteiger partial charge in [-0.3, -0.25) is 9.59 Å². The minimum atomic E-state index is -1.45. The molecule has 0 aliphatic heterocycles. The second-order valence-corrected chi connectivity index (χ2v) is 10.3. The molecule has 3 unspecified atom stereocenters. The zero-order valence-electron chi connectivity index (χ0n) is 24.5. The number of nitrogens with one attached hydrogen (secondary N) is 3. The number of hydrogen-bond donors (Lipinski definition) is 4. The molecule has 12 nitrogen and oxygen atoms in total. The Morgan fingerprint density at radius 2 is 1.44 bits per heavy atom. The number of hydrogen-bond acceptors (Lipinski definition) is 9. The molecule has 0 saturated heterocycles. The zero-order chi connectivity index (χ0) is 29.9. The Balaban J connectivity index is 1.79. The van der Waals surface area contributed by atoms with E-state index in [0.29, 0.717) is 46.1 Å². The molecule has 0 bridgehead atoms. The maximum Gasteiger partial charge on any atom is 0.407 e. The van der Waals surface area contributed by atoms with E-state index in [9.17, 15) is 19.5 Å². The normalized spacial score (nSPS) is 15.1. The van der Waals surface area contributed by atoms with Crippen molar-refractivity contribution in [1.29, 1.82) is 0 Å². The first-order valence-corrected chi connectivity index (χ1v) is 14.3. The highest BCUT2D eigenvalue weighted by atomic mass is 16.6. The van der Waals surface area contributed by atoms with Crippen molar-refractivity contribution in [3.05, 3.63) is 35.9 Å². The fourth-order valence-electron chi connectivity index (χ4n) is 3.85. The third-order valence-electron chi connectivity index (χ3n) is 6.15. The highest BCUT2D eigenvalue weighted by Crippen LogP contribution is 2.19. The smallest absolute Gasteiger partial charge is 0.407 e. The van der Waals surface area contributed by atoms with Crippen LogP contribution in [-0.2, 0) is 39.7 Å². The van der Waals surface area contributed by atoms with Crippen molar-refractivity contribution in [3.8, 4) is 0 Å². The summed E-state index contributed by atoms with van der Waals surface area (Å²) in [6, 6.07) is 7.55. The zero-order valence-corrected chi connectivity index (χ0v) is 24.5. The van der Waals surface area contributed by atoms with Crippen LogP contribution in [-0.4, -0.2) is 107 Å². The Kier molecular flexibility index (Phi) is 16.9. The van der Waals surface area contributed by atoms with Gasteiger partial charge in [-0.15, -0.1) is 0 Å². The van der Waals surface area contributed by atoms with E-state index in [4.69, 9.17) is 23.7 Å². The van der Waals surface area contributed by atoms with Gasteiger partial charge < -0.3 is 44.7 Å². The number of alkyl carbamates (subject to hydrolysis) is 1. The Morgan fingerprint density at radius 3 is 2.00 bits per heavy atom. The van der Waals surface area contributed by atoms with Crippen LogP contribution in [0.3, 0.4) is 0 Å². The molecule has 1 saturated carbocycles. The highest BCUT2D eigenvalue weighted by molar-refractivity contribution is 5.87. The van der Waals surface area contributed by atoms with Crippen molar-refractivity contribution >= 4 is 17.9 Å². The molecule has 1 aromatic carbocycles. The van der Waals surface area contributed by atoms with E-state index >= 15 is 0 Å². The summed E-state index contributed by atoms with van der Waals surface area (Å²) in [5.41, 5.74) is 0.852. The molecule has 232 valence electrons. The molecule has 0 heterocycles. The molecule has 1 aromatic rings. The Bertz CT molecular complexity index is 884. The molecule has 1 aliphatic carbocycles. The van der Waals surface area contributed by atoms with Crippen LogP contribution in [0.25, 0.3) is 0 Å². The molecular weight excluding hydrogens is 534 g/mol. The van der Waals surface area contributed by atoms with Gasteiger partial charge in [-0.1, -0.05) is 44.2 Å². The summed E-state index contributed by atoms with van der Waals surface area (Å²) in [5, 5.41) is 19.0. The van der Waals surface area contributed by atoms with Gasteiger partial charge in [0.05, 0.1) is 52.3 Å². The summed E-state index contributed by atoms with van der Waals surface area (Å²) in [6.07, 6.45) is 0.126. The van der Waals surface area contributed by atoms with Gasteiger partial charge in [-0.2, -0.15) is 0 Å². The Morgan fingerprint density at radius 1 is 0.854 bits per heavy atom. The summed E-state index contributed by atoms with van der Waals surface area (Å²) in [4.78, 5) is 38.3. The number of aliphatic hydroxyl groups excluding tert-OH is 1. The molecule has 0 radical (unpaired) electrons. The summed E-state index contributed by atoms with van der Waals surface area (Å²) in [7, 11) is 1.61. The van der Waals surface area contributed by atoms with Crippen molar-refractivity contribution in [1.82, 2.24) is 16.0 Å². The van der Waals surface area contributed by atoms with Crippen molar-refractivity contribution in [2.24, 2.45) is 5.92 Å². The summed E-state index contributed by atoms with van der Waals surface area (Å²) < 4.78 is 26.1. The van der Waals surface area contributed by atoms with Crippen LogP contribution in [0.5, 0.6) is 0 Å². The van der Waals surface area contributed by atoms with E-state index in [1.807, 2.05) is 44.2 Å². The quantitative estimate of drug-likeness (QED) is 0.148. The second-order valence-electron chi connectivity index (χ2n) is 10.3. The van der Waals surface area contributed by atoms with Gasteiger partial charge in [0.1, 0.15) is 12.6 Å². The number of aliphatic hydroxyl groups is 1. The number of ether oxygens (including phenoxy) is 5. The van der Waals surface area contributed by atoms with Crippen LogP contribution in [0, 0.1) is 5.92 Å². The van der Waals surface area contributed by atoms with Crippen LogP contribution in [0.15, 0.2) is 30.3 Å². The number of methoxy groups -OCH3 is 1. The van der Waals surface area contributed by atoms with E-state index in [-0.39, 0.29) is 31.6 Å². The van der Waals surface area contributed by atoms with Crippen molar-refractivity contribution in [2.45, 2.75) is 63.8 Å². The number of carbonyl (C=O) groups is 3. The van der Waals surface area contributed by atoms with E-state index in [0.717, 1.165) is 18.4 Å². The molecule has 1 fully saturated rings. The van der Waals surface area contributed by atoms with Crippen molar-refractivity contribution in [2.75, 3.05) is 60.0 Å². The Labute approximate surface area is 242 Å². The first kappa shape index (κ1) is 34.4. The molecule has 2 rings (SSSR count). The lowest BCUT2D eigenvalue weighted by atomic mass is 9.98. The monoisotopic (exact) mass is 581 g/mol. The van der Waals surface area contributed by atoms with Crippen LogP contribution in [0.2, 0.25) is 0 Å². The Hall–Kier alpha value is -2.77. The van der Waals surface area contributed by atoms with E-state index in [2.05, 4.69) is 16.0 Å². The number of benzene rings is 1. The van der Waals surface area contributed by atoms with Gasteiger partial charge >= 0.3 is 6.09 Å². The van der Waals surface area contributed by atoms with Gasteiger partial charge in [0, 0.05) is 13.2 Å². The predicted molar refractivity (Wildman–Crippen MR) is 151 cm³/mol. The topological polar surface area (TPSA) is 154 Å². The fourth-order valence-corrected chi connectivity index (χ4v) is 3.85. The SMILES string of the molecule is COCCOCCOCCOCCOC(=O)NC(CC(C)C)C(=O)NC(Cc1ccccc1)C(O)C(=O)NC1CC1. The molecular formula is C29H47N3O9. The summed E-state index contributed by atoms with van der Waals surface area (Å²) in [6.45, 7) is 6.70. The predicted octanol–water partition coefficient (Wildman–Crippen LogP) is 1.19. The molecule has 41 heavy (non-hydrogen) atoms. The minimum absolute atomic E-state index is 0.00133. The van der Waals surface area contributed by atoms with Gasteiger partial charge in [0.25, 0.3) is 5.91 Å².